The summed E-state index contributed by atoms with van der Waals surface area (Å²) < 4.78 is 10.2. The molecule has 90 valence electrons. The highest BCUT2D eigenvalue weighted by molar-refractivity contribution is 5.77. The number of nitrogens with zero attached hydrogens (tertiary/aromatic N) is 2. The van der Waals surface area contributed by atoms with E-state index in [1.165, 1.54) is 12.1 Å². The summed E-state index contributed by atoms with van der Waals surface area (Å²) in [4.78, 5) is 14.2. The second-order valence-electron chi connectivity index (χ2n) is 3.35. The van der Waals surface area contributed by atoms with Crippen LogP contribution in [0, 0.1) is 10.1 Å². The molecule has 2 rings (SSSR count). The summed E-state index contributed by atoms with van der Waals surface area (Å²) in [7, 11) is 1.59. The molecule has 0 bridgehead atoms. The van der Waals surface area contributed by atoms with Gasteiger partial charge in [0.25, 0.3) is 11.7 Å². The first-order valence-electron chi connectivity index (χ1n) is 4.98. The minimum absolute atomic E-state index is 0.0166. The van der Waals surface area contributed by atoms with E-state index in [1.54, 1.807) is 13.2 Å². The summed E-state index contributed by atoms with van der Waals surface area (Å²) in [6, 6.07) is 4.63. The van der Waals surface area contributed by atoms with Crippen LogP contribution in [-0.4, -0.2) is 30.2 Å². The summed E-state index contributed by atoms with van der Waals surface area (Å²) >= 11 is 0. The Morgan fingerprint density at radius 1 is 1.59 bits per heavy atom. The first-order chi connectivity index (χ1) is 8.20. The van der Waals surface area contributed by atoms with Crippen LogP contribution in [-0.2, 0) is 4.74 Å². The van der Waals surface area contributed by atoms with E-state index in [-0.39, 0.29) is 5.69 Å². The lowest BCUT2D eigenvalue weighted by Crippen LogP contribution is -2.07. The molecule has 2 aromatic rings. The number of nitrogens with one attached hydrogen (secondary N) is 1. The lowest BCUT2D eigenvalue weighted by molar-refractivity contribution is -0.384. The molecule has 0 aliphatic heterocycles. The largest absolute Gasteiger partial charge is 0.423 e. The number of hydrogen-bond donors (Lipinski definition) is 1. The summed E-state index contributed by atoms with van der Waals surface area (Å²) in [5.41, 5.74) is 0.951. The van der Waals surface area contributed by atoms with Crippen molar-refractivity contribution in [3.8, 4) is 0 Å². The molecule has 0 radical (unpaired) electrons. The van der Waals surface area contributed by atoms with E-state index in [0.717, 1.165) is 0 Å². The topological polar surface area (TPSA) is 90.4 Å². The van der Waals surface area contributed by atoms with Crippen LogP contribution in [0.4, 0.5) is 11.7 Å². The lowest BCUT2D eigenvalue weighted by atomic mass is 10.3. The number of rotatable bonds is 5. The highest BCUT2D eigenvalue weighted by Crippen LogP contribution is 2.23. The average molecular weight is 237 g/mol. The number of nitro groups is 1. The number of nitro benzene ring substituents is 1. The van der Waals surface area contributed by atoms with Crippen LogP contribution >= 0.6 is 0 Å². The van der Waals surface area contributed by atoms with E-state index < -0.39 is 4.92 Å². The van der Waals surface area contributed by atoms with Gasteiger partial charge in [0.15, 0.2) is 5.58 Å². The molecule has 0 atom stereocenters. The second-order valence-corrected chi connectivity index (χ2v) is 3.35. The second kappa shape index (κ2) is 4.79. The van der Waals surface area contributed by atoms with Crippen LogP contribution in [0.25, 0.3) is 11.1 Å². The number of ether oxygens (including phenoxy) is 1. The smallest absolute Gasteiger partial charge is 0.295 e. The SMILES string of the molecule is COCCNc1nc2ccc([N+](=O)[O-])cc2o1. The fourth-order valence-electron chi connectivity index (χ4n) is 1.36. The molecule has 0 spiro atoms. The average Bonchev–Trinajstić information content (AvgIpc) is 2.70. The zero-order valence-corrected chi connectivity index (χ0v) is 9.17. The van der Waals surface area contributed by atoms with Gasteiger partial charge in [-0.1, -0.05) is 0 Å². The predicted molar refractivity (Wildman–Crippen MR) is 61.0 cm³/mol. The number of hydrogen-bond acceptors (Lipinski definition) is 6. The number of oxazole rings is 1. The molecule has 1 N–H and O–H groups in total. The van der Waals surface area contributed by atoms with Gasteiger partial charge in [-0.25, -0.2) is 0 Å². The van der Waals surface area contributed by atoms with Gasteiger partial charge in [0.2, 0.25) is 0 Å². The fraction of sp³-hybridized carbons (Fsp3) is 0.300. The normalized spacial score (nSPS) is 10.6. The maximum atomic E-state index is 10.6. The van der Waals surface area contributed by atoms with Gasteiger partial charge in [0, 0.05) is 19.7 Å². The summed E-state index contributed by atoms with van der Waals surface area (Å²) in [5, 5.41) is 13.5. The van der Waals surface area contributed by atoms with Crippen LogP contribution in [0.1, 0.15) is 0 Å². The molecular formula is C10H11N3O4. The van der Waals surface area contributed by atoms with Crippen molar-refractivity contribution < 1.29 is 14.1 Å². The third-order valence-electron chi connectivity index (χ3n) is 2.17. The van der Waals surface area contributed by atoms with E-state index in [9.17, 15) is 10.1 Å². The minimum atomic E-state index is -0.472. The molecular weight excluding hydrogens is 226 g/mol. The van der Waals surface area contributed by atoms with E-state index >= 15 is 0 Å². The van der Waals surface area contributed by atoms with Crippen LogP contribution in [0.2, 0.25) is 0 Å². The van der Waals surface area contributed by atoms with E-state index in [0.29, 0.717) is 30.3 Å². The predicted octanol–water partition coefficient (Wildman–Crippen LogP) is 1.79. The van der Waals surface area contributed by atoms with E-state index in [1.807, 2.05) is 0 Å². The first kappa shape index (κ1) is 11.3. The maximum absolute atomic E-state index is 10.6. The summed E-state index contributed by atoms with van der Waals surface area (Å²) in [5.74, 6) is 0. The Hall–Kier alpha value is -2.15. The number of benzene rings is 1. The van der Waals surface area contributed by atoms with Crippen LogP contribution in [0.15, 0.2) is 22.6 Å². The number of methoxy groups -OCH3 is 1. The molecule has 0 unspecified atom stereocenters. The van der Waals surface area contributed by atoms with Gasteiger partial charge >= 0.3 is 0 Å². The lowest BCUT2D eigenvalue weighted by Gasteiger charge is -1.98. The molecule has 0 saturated heterocycles. The van der Waals surface area contributed by atoms with E-state index in [4.69, 9.17) is 9.15 Å². The van der Waals surface area contributed by atoms with Crippen molar-refractivity contribution in [2.75, 3.05) is 25.6 Å². The molecule has 0 aliphatic carbocycles. The summed E-state index contributed by atoms with van der Waals surface area (Å²) in [6.07, 6.45) is 0. The zero-order valence-electron chi connectivity index (χ0n) is 9.17. The third kappa shape index (κ3) is 2.51. The quantitative estimate of drug-likeness (QED) is 0.484. The molecule has 7 heteroatoms. The molecule has 7 nitrogen and oxygen atoms in total. The van der Waals surface area contributed by atoms with Crippen molar-refractivity contribution in [2.24, 2.45) is 0 Å². The number of fused-ring (bicyclic) bond motifs is 1. The van der Waals surface area contributed by atoms with Crippen LogP contribution < -0.4 is 5.32 Å². The Kier molecular flexibility index (Phi) is 3.20. The Balaban J connectivity index is 2.21. The zero-order chi connectivity index (χ0) is 12.3. The van der Waals surface area contributed by atoms with Crippen molar-refractivity contribution in [2.45, 2.75) is 0 Å². The molecule has 17 heavy (non-hydrogen) atoms. The summed E-state index contributed by atoms with van der Waals surface area (Å²) in [6.45, 7) is 1.09. The van der Waals surface area contributed by atoms with Gasteiger partial charge in [-0.2, -0.15) is 4.98 Å². The molecule has 1 heterocycles. The highest BCUT2D eigenvalue weighted by Gasteiger charge is 2.11. The van der Waals surface area contributed by atoms with Crippen molar-refractivity contribution in [3.63, 3.8) is 0 Å². The van der Waals surface area contributed by atoms with Gasteiger partial charge in [-0.05, 0) is 6.07 Å². The Bertz CT molecular complexity index is 537. The maximum Gasteiger partial charge on any atom is 0.295 e. The van der Waals surface area contributed by atoms with Gasteiger partial charge in [0.05, 0.1) is 17.6 Å². The van der Waals surface area contributed by atoms with Crippen LogP contribution in [0.3, 0.4) is 0 Å². The molecule has 0 amide bonds. The van der Waals surface area contributed by atoms with Gasteiger partial charge in [-0.15, -0.1) is 0 Å². The number of non-ortho nitro benzene ring substituents is 1. The molecule has 1 aromatic carbocycles. The van der Waals surface area contributed by atoms with Crippen molar-refractivity contribution >= 4 is 22.8 Å². The first-order valence-corrected chi connectivity index (χ1v) is 4.98. The number of anilines is 1. The van der Waals surface area contributed by atoms with Crippen LogP contribution in [0.5, 0.6) is 0 Å². The van der Waals surface area contributed by atoms with Gasteiger partial charge in [-0.3, -0.25) is 10.1 Å². The van der Waals surface area contributed by atoms with Gasteiger partial charge in [0.1, 0.15) is 5.52 Å². The standard InChI is InChI=1S/C10H11N3O4/c1-16-5-4-11-10-12-8-3-2-7(13(14)15)6-9(8)17-10/h2-3,6H,4-5H2,1H3,(H,11,12). The van der Waals surface area contributed by atoms with Gasteiger partial charge < -0.3 is 14.5 Å². The Morgan fingerprint density at radius 3 is 3.12 bits per heavy atom. The molecule has 0 fully saturated rings. The fourth-order valence-corrected chi connectivity index (χ4v) is 1.36. The van der Waals surface area contributed by atoms with Crippen molar-refractivity contribution in [1.29, 1.82) is 0 Å². The Morgan fingerprint density at radius 2 is 2.41 bits per heavy atom. The monoisotopic (exact) mass is 237 g/mol. The molecule has 0 aliphatic rings. The molecule has 1 aromatic heterocycles. The third-order valence-corrected chi connectivity index (χ3v) is 2.17. The molecule has 0 saturated carbocycles. The van der Waals surface area contributed by atoms with E-state index in [2.05, 4.69) is 10.3 Å². The number of aromatic nitrogens is 1. The highest BCUT2D eigenvalue weighted by atomic mass is 16.6. The van der Waals surface area contributed by atoms with Crippen molar-refractivity contribution in [1.82, 2.24) is 4.98 Å². The minimum Gasteiger partial charge on any atom is -0.423 e. The van der Waals surface area contributed by atoms with Crippen molar-refractivity contribution in [3.05, 3.63) is 28.3 Å². The Labute approximate surface area is 96.5 Å².